The first kappa shape index (κ1) is 11.9. The van der Waals surface area contributed by atoms with E-state index in [1.54, 1.807) is 6.33 Å². The van der Waals surface area contributed by atoms with E-state index in [1.165, 1.54) is 25.7 Å². The standard InChI is InChI=1S/C11H20N6/c1-2-17-8-14-16-10(17)7-13-11(12)15-9-5-3-4-6-9/h8-9H,2-7H2,1H3,(H3,12,13,15). The summed E-state index contributed by atoms with van der Waals surface area (Å²) in [5.41, 5.74) is 5.84. The number of guanidine groups is 1. The van der Waals surface area contributed by atoms with E-state index < -0.39 is 0 Å². The summed E-state index contributed by atoms with van der Waals surface area (Å²) >= 11 is 0. The zero-order valence-corrected chi connectivity index (χ0v) is 10.3. The average Bonchev–Trinajstić information content (AvgIpc) is 2.96. The highest BCUT2D eigenvalue weighted by atomic mass is 15.3. The minimum absolute atomic E-state index is 0.486. The fourth-order valence-electron chi connectivity index (χ4n) is 2.15. The molecule has 0 aliphatic heterocycles. The van der Waals surface area contributed by atoms with E-state index >= 15 is 0 Å². The first-order chi connectivity index (χ1) is 8.29. The molecule has 1 aliphatic carbocycles. The Labute approximate surface area is 101 Å². The first-order valence-corrected chi connectivity index (χ1v) is 6.22. The van der Waals surface area contributed by atoms with Crippen LogP contribution in [0.5, 0.6) is 0 Å². The minimum Gasteiger partial charge on any atom is -0.370 e. The van der Waals surface area contributed by atoms with Gasteiger partial charge in [0, 0.05) is 12.6 Å². The van der Waals surface area contributed by atoms with E-state index in [9.17, 15) is 0 Å². The van der Waals surface area contributed by atoms with Gasteiger partial charge in [-0.05, 0) is 19.8 Å². The topological polar surface area (TPSA) is 81.1 Å². The number of hydrogen-bond acceptors (Lipinski definition) is 3. The Morgan fingerprint density at radius 1 is 1.59 bits per heavy atom. The summed E-state index contributed by atoms with van der Waals surface area (Å²) in [6.07, 6.45) is 6.68. The van der Waals surface area contributed by atoms with Crippen LogP contribution in [0.25, 0.3) is 0 Å². The van der Waals surface area contributed by atoms with Gasteiger partial charge in [0.15, 0.2) is 11.8 Å². The van der Waals surface area contributed by atoms with Crippen molar-refractivity contribution < 1.29 is 0 Å². The molecule has 1 aromatic heterocycles. The van der Waals surface area contributed by atoms with Gasteiger partial charge in [-0.25, -0.2) is 4.99 Å². The summed E-state index contributed by atoms with van der Waals surface area (Å²) in [6, 6.07) is 0.503. The van der Waals surface area contributed by atoms with Gasteiger partial charge in [-0.2, -0.15) is 0 Å². The van der Waals surface area contributed by atoms with Crippen LogP contribution in [0, 0.1) is 0 Å². The van der Waals surface area contributed by atoms with Crippen LogP contribution in [0.1, 0.15) is 38.4 Å². The van der Waals surface area contributed by atoms with Gasteiger partial charge < -0.3 is 15.6 Å². The summed E-state index contributed by atoms with van der Waals surface area (Å²) in [4.78, 5) is 4.30. The highest BCUT2D eigenvalue weighted by Gasteiger charge is 2.14. The van der Waals surface area contributed by atoms with Gasteiger partial charge in [0.25, 0.3) is 0 Å². The molecule has 3 N–H and O–H groups in total. The molecule has 1 aromatic rings. The van der Waals surface area contributed by atoms with Gasteiger partial charge in [0.1, 0.15) is 12.9 Å². The molecule has 1 fully saturated rings. The minimum atomic E-state index is 0.486. The van der Waals surface area contributed by atoms with Crippen molar-refractivity contribution in [3.63, 3.8) is 0 Å². The summed E-state index contributed by atoms with van der Waals surface area (Å²) in [5, 5.41) is 11.1. The largest absolute Gasteiger partial charge is 0.370 e. The number of aromatic nitrogens is 3. The predicted octanol–water partition coefficient (Wildman–Crippen LogP) is 0.645. The van der Waals surface area contributed by atoms with Gasteiger partial charge in [-0.15, -0.1) is 10.2 Å². The molecule has 0 atom stereocenters. The highest BCUT2D eigenvalue weighted by Crippen LogP contribution is 2.17. The fourth-order valence-corrected chi connectivity index (χ4v) is 2.15. The van der Waals surface area contributed by atoms with Crippen molar-refractivity contribution in [3.05, 3.63) is 12.2 Å². The third-order valence-corrected chi connectivity index (χ3v) is 3.13. The van der Waals surface area contributed by atoms with Gasteiger partial charge in [-0.3, -0.25) is 0 Å². The van der Waals surface area contributed by atoms with Gasteiger partial charge >= 0.3 is 0 Å². The van der Waals surface area contributed by atoms with Crippen LogP contribution in [0.4, 0.5) is 0 Å². The molecule has 0 saturated heterocycles. The molecule has 1 aliphatic rings. The average molecular weight is 236 g/mol. The Bertz CT molecular complexity index is 377. The zero-order valence-electron chi connectivity index (χ0n) is 10.3. The van der Waals surface area contributed by atoms with Crippen molar-refractivity contribution in [2.24, 2.45) is 10.7 Å². The van der Waals surface area contributed by atoms with E-state index in [0.717, 1.165) is 12.4 Å². The molecule has 0 radical (unpaired) electrons. The quantitative estimate of drug-likeness (QED) is 0.594. The monoisotopic (exact) mass is 236 g/mol. The molecule has 0 unspecified atom stereocenters. The lowest BCUT2D eigenvalue weighted by Crippen LogP contribution is -2.38. The molecule has 17 heavy (non-hydrogen) atoms. The smallest absolute Gasteiger partial charge is 0.189 e. The molecule has 1 saturated carbocycles. The van der Waals surface area contributed by atoms with Crippen LogP contribution in [-0.4, -0.2) is 26.8 Å². The Balaban J connectivity index is 1.86. The summed E-state index contributed by atoms with van der Waals surface area (Å²) in [7, 11) is 0. The normalized spacial score (nSPS) is 17.6. The van der Waals surface area contributed by atoms with Gasteiger partial charge in [0.05, 0.1) is 0 Å². The Kier molecular flexibility index (Phi) is 3.95. The molecule has 1 heterocycles. The van der Waals surface area contributed by atoms with Crippen LogP contribution in [-0.2, 0) is 13.1 Å². The van der Waals surface area contributed by atoms with Crippen molar-refractivity contribution in [1.29, 1.82) is 0 Å². The molecule has 0 amide bonds. The SMILES string of the molecule is CCn1cnnc1CN=C(N)NC1CCCC1. The lowest BCUT2D eigenvalue weighted by Gasteiger charge is -2.12. The zero-order chi connectivity index (χ0) is 12.1. The maximum absolute atomic E-state index is 5.84. The first-order valence-electron chi connectivity index (χ1n) is 6.22. The van der Waals surface area contributed by atoms with Crippen molar-refractivity contribution in [1.82, 2.24) is 20.1 Å². The fraction of sp³-hybridized carbons (Fsp3) is 0.727. The summed E-state index contributed by atoms with van der Waals surface area (Å²) in [6.45, 7) is 3.39. The second kappa shape index (κ2) is 5.65. The highest BCUT2D eigenvalue weighted by molar-refractivity contribution is 5.78. The maximum Gasteiger partial charge on any atom is 0.189 e. The van der Waals surface area contributed by atoms with E-state index in [4.69, 9.17) is 5.73 Å². The summed E-state index contributed by atoms with van der Waals surface area (Å²) in [5.74, 6) is 1.37. The molecule has 2 rings (SSSR count). The lowest BCUT2D eigenvalue weighted by atomic mass is 10.2. The number of aryl methyl sites for hydroxylation is 1. The molecular formula is C11H20N6. The van der Waals surface area contributed by atoms with E-state index in [-0.39, 0.29) is 0 Å². The maximum atomic E-state index is 5.84. The van der Waals surface area contributed by atoms with Crippen LogP contribution in [0.3, 0.4) is 0 Å². The molecule has 94 valence electrons. The lowest BCUT2D eigenvalue weighted by molar-refractivity contribution is 0.623. The number of nitrogens with one attached hydrogen (secondary N) is 1. The third-order valence-electron chi connectivity index (χ3n) is 3.13. The second-order valence-electron chi connectivity index (χ2n) is 4.36. The van der Waals surface area contributed by atoms with Crippen molar-refractivity contribution in [2.45, 2.75) is 51.7 Å². The van der Waals surface area contributed by atoms with Crippen molar-refractivity contribution >= 4 is 5.96 Å². The van der Waals surface area contributed by atoms with E-state index in [1.807, 2.05) is 4.57 Å². The van der Waals surface area contributed by atoms with E-state index in [2.05, 4.69) is 27.4 Å². The van der Waals surface area contributed by atoms with Gasteiger partial charge in [-0.1, -0.05) is 12.8 Å². The Hall–Kier alpha value is -1.59. The predicted molar refractivity (Wildman–Crippen MR) is 66.4 cm³/mol. The van der Waals surface area contributed by atoms with E-state index in [0.29, 0.717) is 18.5 Å². The number of rotatable bonds is 4. The molecule has 6 heteroatoms. The molecular weight excluding hydrogens is 216 g/mol. The molecule has 0 aromatic carbocycles. The second-order valence-corrected chi connectivity index (χ2v) is 4.36. The van der Waals surface area contributed by atoms with Crippen LogP contribution in [0.2, 0.25) is 0 Å². The number of nitrogens with two attached hydrogens (primary N) is 1. The number of aliphatic imine (C=N–C) groups is 1. The van der Waals surface area contributed by atoms with Crippen LogP contribution in [0.15, 0.2) is 11.3 Å². The van der Waals surface area contributed by atoms with Crippen LogP contribution >= 0.6 is 0 Å². The third kappa shape index (κ3) is 3.18. The summed E-state index contributed by atoms with van der Waals surface area (Å²) < 4.78 is 1.96. The number of nitrogens with zero attached hydrogens (tertiary/aromatic N) is 4. The Morgan fingerprint density at radius 2 is 2.35 bits per heavy atom. The number of hydrogen-bond donors (Lipinski definition) is 2. The van der Waals surface area contributed by atoms with Crippen molar-refractivity contribution in [3.8, 4) is 0 Å². The van der Waals surface area contributed by atoms with Crippen molar-refractivity contribution in [2.75, 3.05) is 0 Å². The van der Waals surface area contributed by atoms with Gasteiger partial charge in [0.2, 0.25) is 0 Å². The van der Waals surface area contributed by atoms with Crippen LogP contribution < -0.4 is 11.1 Å². The molecule has 6 nitrogen and oxygen atoms in total. The molecule has 0 spiro atoms. The molecule has 0 bridgehead atoms. The Morgan fingerprint density at radius 3 is 3.06 bits per heavy atom.